The second-order valence-electron chi connectivity index (χ2n) is 5.38. The van der Waals surface area contributed by atoms with E-state index in [0.29, 0.717) is 5.69 Å². The molecule has 6 heteroatoms. The maximum atomic E-state index is 12.0. The van der Waals surface area contributed by atoms with Gasteiger partial charge in [0, 0.05) is 23.6 Å². The van der Waals surface area contributed by atoms with Gasteiger partial charge in [0.15, 0.2) is 0 Å². The third kappa shape index (κ3) is 4.66. The molecule has 0 spiro atoms. The third-order valence-corrected chi connectivity index (χ3v) is 4.18. The van der Waals surface area contributed by atoms with Crippen molar-refractivity contribution < 1.29 is 9.53 Å². The number of rotatable bonds is 4. The van der Waals surface area contributed by atoms with Crippen LogP contribution in [0, 0.1) is 0 Å². The molecule has 5 nitrogen and oxygen atoms in total. The molecule has 0 radical (unpaired) electrons. The predicted molar refractivity (Wildman–Crippen MR) is 99.1 cm³/mol. The lowest BCUT2D eigenvalue weighted by molar-refractivity contribution is -0.111. The lowest BCUT2D eigenvalue weighted by Crippen LogP contribution is -2.36. The molecule has 1 aromatic carbocycles. The van der Waals surface area contributed by atoms with E-state index in [2.05, 4.69) is 31.1 Å². The van der Waals surface area contributed by atoms with Crippen LogP contribution in [0.25, 0.3) is 6.08 Å². The number of morpholine rings is 1. The average Bonchev–Trinajstić information content (AvgIpc) is 2.63. The molecule has 0 aliphatic carbocycles. The molecule has 0 unspecified atom stereocenters. The number of hydrogen-bond acceptors (Lipinski definition) is 4. The molecular weight excluding hydrogens is 370 g/mol. The summed E-state index contributed by atoms with van der Waals surface area (Å²) in [4.78, 5) is 18.6. The fourth-order valence-electron chi connectivity index (χ4n) is 2.37. The van der Waals surface area contributed by atoms with Crippen LogP contribution in [0.5, 0.6) is 0 Å². The summed E-state index contributed by atoms with van der Waals surface area (Å²) in [6, 6.07) is 11.5. The van der Waals surface area contributed by atoms with Crippen LogP contribution in [-0.4, -0.2) is 37.2 Å². The van der Waals surface area contributed by atoms with Crippen molar-refractivity contribution in [3.63, 3.8) is 0 Å². The van der Waals surface area contributed by atoms with E-state index in [-0.39, 0.29) is 5.91 Å². The molecule has 0 bridgehead atoms. The summed E-state index contributed by atoms with van der Waals surface area (Å²) in [5.41, 5.74) is 1.65. The Balaban J connectivity index is 1.57. The van der Waals surface area contributed by atoms with E-state index in [1.165, 1.54) is 6.08 Å². The van der Waals surface area contributed by atoms with Crippen molar-refractivity contribution in [3.05, 3.63) is 58.7 Å². The highest BCUT2D eigenvalue weighted by Gasteiger charge is 2.12. The Labute approximate surface area is 149 Å². The van der Waals surface area contributed by atoms with E-state index < -0.39 is 0 Å². The first-order valence-electron chi connectivity index (χ1n) is 7.74. The molecule has 3 rings (SSSR count). The molecule has 1 amide bonds. The Morgan fingerprint density at radius 3 is 2.58 bits per heavy atom. The molecule has 1 aromatic heterocycles. The lowest BCUT2D eigenvalue weighted by Gasteiger charge is -2.27. The number of carbonyl (C=O) groups is 1. The molecule has 1 aliphatic rings. The van der Waals surface area contributed by atoms with Crippen LogP contribution in [0.4, 0.5) is 11.5 Å². The largest absolute Gasteiger partial charge is 0.378 e. The molecule has 0 saturated carbocycles. The maximum Gasteiger partial charge on any atom is 0.248 e. The van der Waals surface area contributed by atoms with Crippen molar-refractivity contribution in [2.75, 3.05) is 36.5 Å². The fraction of sp³-hybridized carbons (Fsp3) is 0.222. The number of anilines is 2. The van der Waals surface area contributed by atoms with Gasteiger partial charge in [-0.15, -0.1) is 0 Å². The Kier molecular flexibility index (Phi) is 5.61. The molecule has 24 heavy (non-hydrogen) atoms. The highest BCUT2D eigenvalue weighted by atomic mass is 79.9. The lowest BCUT2D eigenvalue weighted by atomic mass is 10.2. The summed E-state index contributed by atoms with van der Waals surface area (Å²) in [5.74, 6) is 0.723. The smallest absolute Gasteiger partial charge is 0.248 e. The van der Waals surface area contributed by atoms with Crippen molar-refractivity contribution in [2.24, 2.45) is 0 Å². The first kappa shape index (κ1) is 16.7. The first-order chi connectivity index (χ1) is 11.7. The fourth-order valence-corrected chi connectivity index (χ4v) is 2.63. The van der Waals surface area contributed by atoms with Crippen molar-refractivity contribution in [1.29, 1.82) is 0 Å². The Bertz CT molecular complexity index is 708. The van der Waals surface area contributed by atoms with Gasteiger partial charge in [-0.2, -0.15) is 0 Å². The van der Waals surface area contributed by atoms with Gasteiger partial charge in [0.25, 0.3) is 0 Å². The second-order valence-corrected chi connectivity index (χ2v) is 6.29. The Hall–Kier alpha value is -2.18. The average molecular weight is 388 g/mol. The van der Waals surface area contributed by atoms with Crippen molar-refractivity contribution >= 4 is 39.4 Å². The van der Waals surface area contributed by atoms with Crippen LogP contribution in [0.2, 0.25) is 0 Å². The van der Waals surface area contributed by atoms with E-state index in [0.717, 1.165) is 42.2 Å². The summed E-state index contributed by atoms with van der Waals surface area (Å²) in [5, 5.41) is 2.81. The number of amides is 1. The van der Waals surface area contributed by atoms with Gasteiger partial charge < -0.3 is 15.0 Å². The van der Waals surface area contributed by atoms with Gasteiger partial charge in [0.05, 0.1) is 25.1 Å². The van der Waals surface area contributed by atoms with Crippen molar-refractivity contribution in [1.82, 2.24) is 4.98 Å². The zero-order valence-corrected chi connectivity index (χ0v) is 14.7. The van der Waals surface area contributed by atoms with Crippen LogP contribution in [0.15, 0.2) is 53.1 Å². The third-order valence-electron chi connectivity index (χ3n) is 3.65. The SMILES string of the molecule is O=C(/C=C/c1ccc(Br)cc1)Nc1ccc(N2CCOCC2)nc1. The standard InChI is InChI=1S/C18H18BrN3O2/c19-15-4-1-14(2-5-15)3-8-18(23)21-16-6-7-17(20-13-16)22-9-11-24-12-10-22/h1-8,13H,9-12H2,(H,21,23)/b8-3+. The zero-order chi connectivity index (χ0) is 16.8. The number of nitrogens with one attached hydrogen (secondary N) is 1. The predicted octanol–water partition coefficient (Wildman–Crippen LogP) is 3.33. The molecular formula is C18H18BrN3O2. The molecule has 2 aromatic rings. The molecule has 2 heterocycles. The highest BCUT2D eigenvalue weighted by Crippen LogP contribution is 2.16. The summed E-state index contributed by atoms with van der Waals surface area (Å²) < 4.78 is 6.34. The Morgan fingerprint density at radius 1 is 1.17 bits per heavy atom. The van der Waals surface area contributed by atoms with E-state index in [1.54, 1.807) is 12.3 Å². The number of ether oxygens (including phenoxy) is 1. The van der Waals surface area contributed by atoms with Crippen LogP contribution in [0.1, 0.15) is 5.56 Å². The Morgan fingerprint density at radius 2 is 1.92 bits per heavy atom. The summed E-state index contributed by atoms with van der Waals surface area (Å²) >= 11 is 3.38. The molecule has 1 saturated heterocycles. The first-order valence-corrected chi connectivity index (χ1v) is 8.53. The number of aromatic nitrogens is 1. The normalized spacial score (nSPS) is 14.8. The van der Waals surface area contributed by atoms with Crippen LogP contribution in [-0.2, 0) is 9.53 Å². The summed E-state index contributed by atoms with van der Waals surface area (Å²) in [6.07, 6.45) is 4.96. The summed E-state index contributed by atoms with van der Waals surface area (Å²) in [7, 11) is 0. The maximum absolute atomic E-state index is 12.0. The molecule has 1 fully saturated rings. The zero-order valence-electron chi connectivity index (χ0n) is 13.1. The number of benzene rings is 1. The van der Waals surface area contributed by atoms with Crippen LogP contribution < -0.4 is 10.2 Å². The monoisotopic (exact) mass is 387 g/mol. The topological polar surface area (TPSA) is 54.5 Å². The van der Waals surface area contributed by atoms with E-state index in [9.17, 15) is 4.79 Å². The van der Waals surface area contributed by atoms with Gasteiger partial charge in [-0.1, -0.05) is 28.1 Å². The second kappa shape index (κ2) is 8.08. The van der Waals surface area contributed by atoms with Gasteiger partial charge in [-0.25, -0.2) is 4.98 Å². The van der Waals surface area contributed by atoms with Crippen LogP contribution in [0.3, 0.4) is 0 Å². The number of carbonyl (C=O) groups excluding carboxylic acids is 1. The van der Waals surface area contributed by atoms with Gasteiger partial charge in [-0.3, -0.25) is 4.79 Å². The molecule has 124 valence electrons. The number of pyridine rings is 1. The van der Waals surface area contributed by atoms with E-state index >= 15 is 0 Å². The van der Waals surface area contributed by atoms with Gasteiger partial charge in [0.1, 0.15) is 5.82 Å². The molecule has 1 aliphatic heterocycles. The van der Waals surface area contributed by atoms with E-state index in [1.807, 2.05) is 36.4 Å². The van der Waals surface area contributed by atoms with Gasteiger partial charge in [-0.05, 0) is 35.9 Å². The quantitative estimate of drug-likeness (QED) is 0.817. The number of nitrogens with zero attached hydrogens (tertiary/aromatic N) is 2. The molecule has 0 atom stereocenters. The number of hydrogen-bond donors (Lipinski definition) is 1. The van der Waals surface area contributed by atoms with Crippen molar-refractivity contribution in [3.8, 4) is 0 Å². The molecule has 1 N–H and O–H groups in total. The minimum absolute atomic E-state index is 0.182. The van der Waals surface area contributed by atoms with Crippen LogP contribution >= 0.6 is 15.9 Å². The minimum Gasteiger partial charge on any atom is -0.378 e. The summed E-state index contributed by atoms with van der Waals surface area (Å²) in [6.45, 7) is 3.13. The van der Waals surface area contributed by atoms with Crippen molar-refractivity contribution in [2.45, 2.75) is 0 Å². The van der Waals surface area contributed by atoms with Gasteiger partial charge >= 0.3 is 0 Å². The van der Waals surface area contributed by atoms with Gasteiger partial charge in [0.2, 0.25) is 5.91 Å². The highest BCUT2D eigenvalue weighted by molar-refractivity contribution is 9.10. The number of halogens is 1. The minimum atomic E-state index is -0.182. The van der Waals surface area contributed by atoms with E-state index in [4.69, 9.17) is 4.74 Å².